The molecule has 0 bridgehead atoms. The minimum atomic E-state index is -1.13. The second-order valence-corrected chi connectivity index (χ2v) is 7.10. The summed E-state index contributed by atoms with van der Waals surface area (Å²) in [4.78, 5) is 51.1. The van der Waals surface area contributed by atoms with Crippen molar-refractivity contribution in [2.45, 2.75) is 19.9 Å². The van der Waals surface area contributed by atoms with E-state index in [1.807, 2.05) is 0 Å². The van der Waals surface area contributed by atoms with Gasteiger partial charge in [-0.05, 0) is 42.3 Å². The third-order valence-corrected chi connectivity index (χ3v) is 4.70. The van der Waals surface area contributed by atoms with Gasteiger partial charge in [0.2, 0.25) is 0 Å². The van der Waals surface area contributed by atoms with E-state index in [9.17, 15) is 19.2 Å². The molecule has 2 aromatic carbocycles. The standard InChI is InChI=1S/C22H22N2O6/c1-13(2)19(24-20(26)16-6-4-5-7-17(16)21(24)27)22(28)30-12-18(25)23-14-8-10-15(29-3)11-9-14/h4-11,13,19H,12H2,1-3H3,(H,23,25)/t19-/m0/s1. The fourth-order valence-electron chi connectivity index (χ4n) is 3.23. The molecule has 0 saturated carbocycles. The Balaban J connectivity index is 1.65. The molecule has 2 aromatic rings. The molecular weight excluding hydrogens is 388 g/mol. The number of anilines is 1. The quantitative estimate of drug-likeness (QED) is 0.556. The lowest BCUT2D eigenvalue weighted by Gasteiger charge is -2.27. The maximum atomic E-state index is 12.7. The third-order valence-electron chi connectivity index (χ3n) is 4.70. The molecule has 0 fully saturated rings. The zero-order valence-electron chi connectivity index (χ0n) is 16.9. The van der Waals surface area contributed by atoms with Crippen LogP contribution in [0, 0.1) is 5.92 Å². The number of amides is 3. The van der Waals surface area contributed by atoms with E-state index in [1.54, 1.807) is 62.4 Å². The number of rotatable bonds is 7. The fraction of sp³-hybridized carbons (Fsp3) is 0.273. The van der Waals surface area contributed by atoms with E-state index in [0.29, 0.717) is 11.4 Å². The lowest BCUT2D eigenvalue weighted by molar-refractivity contribution is -0.152. The minimum Gasteiger partial charge on any atom is -0.497 e. The van der Waals surface area contributed by atoms with Gasteiger partial charge < -0.3 is 14.8 Å². The molecule has 1 heterocycles. The zero-order valence-corrected chi connectivity index (χ0v) is 16.9. The summed E-state index contributed by atoms with van der Waals surface area (Å²) in [5, 5.41) is 2.60. The molecule has 30 heavy (non-hydrogen) atoms. The summed E-state index contributed by atoms with van der Waals surface area (Å²) in [7, 11) is 1.53. The van der Waals surface area contributed by atoms with E-state index in [0.717, 1.165) is 4.90 Å². The average molecular weight is 410 g/mol. The molecule has 8 heteroatoms. The lowest BCUT2D eigenvalue weighted by atomic mass is 10.0. The van der Waals surface area contributed by atoms with Gasteiger partial charge in [0.1, 0.15) is 11.8 Å². The monoisotopic (exact) mass is 410 g/mol. The number of nitrogens with zero attached hydrogens (tertiary/aromatic N) is 1. The fourth-order valence-corrected chi connectivity index (χ4v) is 3.23. The van der Waals surface area contributed by atoms with Crippen LogP contribution in [-0.2, 0) is 14.3 Å². The van der Waals surface area contributed by atoms with Crippen molar-refractivity contribution >= 4 is 29.4 Å². The number of carbonyl (C=O) groups excluding carboxylic acids is 4. The lowest BCUT2D eigenvalue weighted by Crippen LogP contribution is -2.49. The Hall–Kier alpha value is -3.68. The van der Waals surface area contributed by atoms with Crippen LogP contribution in [0.1, 0.15) is 34.6 Å². The van der Waals surface area contributed by atoms with Gasteiger partial charge in [-0.3, -0.25) is 19.3 Å². The molecule has 0 spiro atoms. The minimum absolute atomic E-state index is 0.248. The van der Waals surface area contributed by atoms with E-state index in [2.05, 4.69) is 5.32 Å². The highest BCUT2D eigenvalue weighted by Gasteiger charge is 2.44. The van der Waals surface area contributed by atoms with E-state index in [-0.39, 0.29) is 11.1 Å². The van der Waals surface area contributed by atoms with Crippen molar-refractivity contribution in [2.24, 2.45) is 5.92 Å². The Morgan fingerprint density at radius 1 is 0.967 bits per heavy atom. The highest BCUT2D eigenvalue weighted by Crippen LogP contribution is 2.27. The van der Waals surface area contributed by atoms with Gasteiger partial charge in [-0.1, -0.05) is 26.0 Å². The summed E-state index contributed by atoms with van der Waals surface area (Å²) >= 11 is 0. The molecule has 8 nitrogen and oxygen atoms in total. The molecule has 1 aliphatic rings. The topological polar surface area (TPSA) is 102 Å². The number of carbonyl (C=O) groups is 4. The van der Waals surface area contributed by atoms with Crippen molar-refractivity contribution < 1.29 is 28.7 Å². The molecule has 1 aliphatic heterocycles. The van der Waals surface area contributed by atoms with Crippen LogP contribution in [0.2, 0.25) is 0 Å². The van der Waals surface area contributed by atoms with Gasteiger partial charge in [-0.15, -0.1) is 0 Å². The summed E-state index contributed by atoms with van der Waals surface area (Å²) in [5.74, 6) is -2.21. The first-order valence-corrected chi connectivity index (χ1v) is 9.41. The Bertz CT molecular complexity index is 948. The van der Waals surface area contributed by atoms with Crippen molar-refractivity contribution in [3.05, 3.63) is 59.7 Å². The number of hydrogen-bond acceptors (Lipinski definition) is 6. The van der Waals surface area contributed by atoms with Crippen molar-refractivity contribution in [2.75, 3.05) is 19.0 Å². The number of imide groups is 1. The Labute approximate surface area is 173 Å². The number of ether oxygens (including phenoxy) is 2. The van der Waals surface area contributed by atoms with E-state index in [4.69, 9.17) is 9.47 Å². The summed E-state index contributed by atoms with van der Waals surface area (Å²) < 4.78 is 10.2. The van der Waals surface area contributed by atoms with Crippen molar-refractivity contribution in [3.8, 4) is 5.75 Å². The van der Waals surface area contributed by atoms with Gasteiger partial charge in [0, 0.05) is 5.69 Å². The van der Waals surface area contributed by atoms with Crippen molar-refractivity contribution in [1.29, 1.82) is 0 Å². The molecule has 0 aromatic heterocycles. The normalized spacial score (nSPS) is 13.8. The van der Waals surface area contributed by atoms with Gasteiger partial charge in [0.05, 0.1) is 18.2 Å². The summed E-state index contributed by atoms with van der Waals surface area (Å²) in [6.45, 7) is 2.86. The number of benzene rings is 2. The molecule has 1 N–H and O–H groups in total. The van der Waals surface area contributed by atoms with E-state index in [1.165, 1.54) is 7.11 Å². The molecule has 1 atom stereocenters. The van der Waals surface area contributed by atoms with Crippen LogP contribution in [0.5, 0.6) is 5.75 Å². The molecule has 0 radical (unpaired) electrons. The van der Waals surface area contributed by atoms with Crippen LogP contribution in [0.15, 0.2) is 48.5 Å². The number of fused-ring (bicyclic) bond motifs is 1. The molecule has 3 amide bonds. The van der Waals surface area contributed by atoms with Crippen LogP contribution >= 0.6 is 0 Å². The summed E-state index contributed by atoms with van der Waals surface area (Å²) in [5.41, 5.74) is 1.01. The molecule has 3 rings (SSSR count). The average Bonchev–Trinajstić information content (AvgIpc) is 2.98. The second-order valence-electron chi connectivity index (χ2n) is 7.10. The maximum absolute atomic E-state index is 12.7. The predicted octanol–water partition coefficient (Wildman–Crippen LogP) is 2.50. The molecular formula is C22H22N2O6. The van der Waals surface area contributed by atoms with Crippen molar-refractivity contribution in [1.82, 2.24) is 4.90 Å². The van der Waals surface area contributed by atoms with Gasteiger partial charge in [0.15, 0.2) is 6.61 Å². The van der Waals surface area contributed by atoms with E-state index >= 15 is 0 Å². The Morgan fingerprint density at radius 2 is 1.53 bits per heavy atom. The SMILES string of the molecule is COc1ccc(NC(=O)COC(=O)[C@H](C(C)C)N2C(=O)c3ccccc3C2=O)cc1. The number of nitrogens with one attached hydrogen (secondary N) is 1. The van der Waals surface area contributed by atoms with Gasteiger partial charge in [0.25, 0.3) is 17.7 Å². The molecule has 0 saturated heterocycles. The first kappa shape index (κ1) is 21.0. The molecule has 0 unspecified atom stereocenters. The third kappa shape index (κ3) is 4.17. The van der Waals surface area contributed by atoms with E-state index < -0.39 is 42.3 Å². The van der Waals surface area contributed by atoms with Gasteiger partial charge in [-0.25, -0.2) is 4.79 Å². The van der Waals surface area contributed by atoms with Crippen LogP contribution in [0.3, 0.4) is 0 Å². The van der Waals surface area contributed by atoms with Gasteiger partial charge in [-0.2, -0.15) is 0 Å². The van der Waals surface area contributed by atoms with Crippen LogP contribution in [0.4, 0.5) is 5.69 Å². The number of methoxy groups -OCH3 is 1. The molecule has 0 aliphatic carbocycles. The Morgan fingerprint density at radius 3 is 2.03 bits per heavy atom. The largest absolute Gasteiger partial charge is 0.497 e. The van der Waals surface area contributed by atoms with Crippen LogP contribution in [0.25, 0.3) is 0 Å². The highest BCUT2D eigenvalue weighted by molar-refractivity contribution is 6.22. The van der Waals surface area contributed by atoms with Crippen molar-refractivity contribution in [3.63, 3.8) is 0 Å². The maximum Gasteiger partial charge on any atom is 0.330 e. The number of hydrogen-bond donors (Lipinski definition) is 1. The Kier molecular flexibility index (Phi) is 6.15. The smallest absolute Gasteiger partial charge is 0.330 e. The zero-order chi connectivity index (χ0) is 21.8. The first-order chi connectivity index (χ1) is 14.3. The molecule has 156 valence electrons. The predicted molar refractivity (Wildman–Crippen MR) is 108 cm³/mol. The van der Waals surface area contributed by atoms with Gasteiger partial charge >= 0.3 is 5.97 Å². The highest BCUT2D eigenvalue weighted by atomic mass is 16.5. The van der Waals surface area contributed by atoms with Crippen LogP contribution in [-0.4, -0.2) is 48.3 Å². The first-order valence-electron chi connectivity index (χ1n) is 9.41. The second kappa shape index (κ2) is 8.77. The summed E-state index contributed by atoms with van der Waals surface area (Å²) in [6.07, 6.45) is 0. The number of esters is 1. The van der Waals surface area contributed by atoms with Crippen LogP contribution < -0.4 is 10.1 Å². The summed E-state index contributed by atoms with van der Waals surface area (Å²) in [6, 6.07) is 11.9.